The highest BCUT2D eigenvalue weighted by molar-refractivity contribution is 5.93. The molecule has 0 atom stereocenters. The molecule has 182 valence electrons. The molecule has 0 aliphatic heterocycles. The first-order valence-corrected chi connectivity index (χ1v) is 11.1. The maximum absolute atomic E-state index is 14.1. The van der Waals surface area contributed by atoms with Crippen molar-refractivity contribution in [3.63, 3.8) is 0 Å². The zero-order valence-electron chi connectivity index (χ0n) is 19.0. The minimum atomic E-state index is -0.465. The Balaban J connectivity index is 1.26. The van der Waals surface area contributed by atoms with Crippen molar-refractivity contribution in [3.05, 3.63) is 78.6 Å². The highest BCUT2D eigenvalue weighted by Crippen LogP contribution is 2.28. The molecule has 3 aromatic heterocycles. The largest absolute Gasteiger partial charge is 0.379 e. The third-order valence-corrected chi connectivity index (χ3v) is 5.62. The van der Waals surface area contributed by atoms with Gasteiger partial charge in [-0.15, -0.1) is 0 Å². The lowest BCUT2D eigenvalue weighted by atomic mass is 10.2. The lowest BCUT2D eigenvalue weighted by Crippen LogP contribution is -2.19. The number of carbonyl (C=O) groups excluding carboxylic acids is 1. The van der Waals surface area contributed by atoms with E-state index >= 15 is 0 Å². The van der Waals surface area contributed by atoms with Crippen molar-refractivity contribution in [2.24, 2.45) is 0 Å². The van der Waals surface area contributed by atoms with Gasteiger partial charge in [-0.25, -0.2) is 14.0 Å². The summed E-state index contributed by atoms with van der Waals surface area (Å²) in [4.78, 5) is 21.9. The van der Waals surface area contributed by atoms with Gasteiger partial charge in [0, 0.05) is 11.3 Å². The molecule has 0 radical (unpaired) electrons. The van der Waals surface area contributed by atoms with Crippen molar-refractivity contribution in [3.8, 4) is 34.4 Å². The van der Waals surface area contributed by atoms with Crippen molar-refractivity contribution in [1.29, 1.82) is 0 Å². The van der Waals surface area contributed by atoms with Crippen LogP contribution in [0.15, 0.2) is 81.9 Å². The van der Waals surface area contributed by atoms with E-state index < -0.39 is 5.82 Å². The van der Waals surface area contributed by atoms with E-state index in [4.69, 9.17) is 14.9 Å². The van der Waals surface area contributed by atoms with Crippen molar-refractivity contribution in [2.45, 2.75) is 6.54 Å². The molecule has 12 heteroatoms. The summed E-state index contributed by atoms with van der Waals surface area (Å²) in [7, 11) is 0. The van der Waals surface area contributed by atoms with Gasteiger partial charge in [0.1, 0.15) is 12.4 Å². The van der Waals surface area contributed by atoms with Gasteiger partial charge in [-0.1, -0.05) is 41.6 Å². The van der Waals surface area contributed by atoms with Crippen LogP contribution in [0.5, 0.6) is 0 Å². The molecule has 0 saturated heterocycles. The molecule has 0 fully saturated rings. The van der Waals surface area contributed by atoms with Crippen LogP contribution in [0.3, 0.4) is 0 Å². The number of amides is 1. The number of anilines is 2. The van der Waals surface area contributed by atoms with E-state index in [1.807, 2.05) is 24.3 Å². The van der Waals surface area contributed by atoms with Gasteiger partial charge in [0.25, 0.3) is 5.89 Å². The number of nitrogens with two attached hydrogens (primary N) is 1. The van der Waals surface area contributed by atoms with Gasteiger partial charge in [-0.2, -0.15) is 4.98 Å². The Kier molecular flexibility index (Phi) is 5.37. The second kappa shape index (κ2) is 9.00. The standard InChI is InChI=1S/C25H17FN8O3/c26-17-9-2-1-8-16(17)25-30-23(33-36-25)14-6-5-7-15(12-14)28-20(35)13-34-19-11-4-3-10-18(19)29-24(34)21-22(27)32-37-31-21/h1-12H,13H2,(H2,27,32)(H,28,35). The van der Waals surface area contributed by atoms with Gasteiger partial charge >= 0.3 is 0 Å². The molecule has 0 unspecified atom stereocenters. The van der Waals surface area contributed by atoms with Crippen LogP contribution in [-0.2, 0) is 11.3 Å². The van der Waals surface area contributed by atoms with Gasteiger partial charge in [0.2, 0.25) is 11.7 Å². The van der Waals surface area contributed by atoms with E-state index in [2.05, 4.69) is 30.8 Å². The Hall–Kier alpha value is -5.39. The van der Waals surface area contributed by atoms with Crippen molar-refractivity contribution < 1.29 is 18.3 Å². The molecule has 6 aromatic rings. The summed E-state index contributed by atoms with van der Waals surface area (Å²) in [6, 6.07) is 20.4. The first kappa shape index (κ1) is 22.1. The summed E-state index contributed by atoms with van der Waals surface area (Å²) in [6.07, 6.45) is 0. The quantitative estimate of drug-likeness (QED) is 0.346. The van der Waals surface area contributed by atoms with Crippen LogP contribution in [0.2, 0.25) is 0 Å². The summed E-state index contributed by atoms with van der Waals surface area (Å²) in [6.45, 7) is -0.0774. The summed E-state index contributed by atoms with van der Waals surface area (Å²) >= 11 is 0. The number of nitrogens with zero attached hydrogens (tertiary/aromatic N) is 6. The molecule has 0 saturated carbocycles. The predicted molar refractivity (Wildman–Crippen MR) is 131 cm³/mol. The van der Waals surface area contributed by atoms with Gasteiger partial charge in [0.15, 0.2) is 17.3 Å². The molecule has 0 aliphatic rings. The summed E-state index contributed by atoms with van der Waals surface area (Å²) < 4.78 is 25.7. The van der Waals surface area contributed by atoms with Crippen LogP contribution in [0.4, 0.5) is 15.9 Å². The number of benzene rings is 3. The Bertz CT molecular complexity index is 1760. The minimum Gasteiger partial charge on any atom is -0.379 e. The molecule has 1 amide bonds. The smallest absolute Gasteiger partial charge is 0.261 e. The van der Waals surface area contributed by atoms with Crippen molar-refractivity contribution in [1.82, 2.24) is 30.0 Å². The average Bonchev–Trinajstić information content (AvgIpc) is 3.64. The first-order valence-electron chi connectivity index (χ1n) is 11.1. The van der Waals surface area contributed by atoms with Gasteiger partial charge in [-0.05, 0) is 46.7 Å². The number of nitrogen functional groups attached to an aromatic ring is 1. The monoisotopic (exact) mass is 496 g/mol. The maximum Gasteiger partial charge on any atom is 0.261 e. The molecule has 6 rings (SSSR count). The Morgan fingerprint density at radius 3 is 2.65 bits per heavy atom. The molecule has 0 spiro atoms. The molecular weight excluding hydrogens is 479 g/mol. The number of hydrogen-bond acceptors (Lipinski definition) is 9. The lowest BCUT2D eigenvalue weighted by molar-refractivity contribution is -0.116. The highest BCUT2D eigenvalue weighted by atomic mass is 19.1. The second-order valence-electron chi connectivity index (χ2n) is 8.04. The second-order valence-corrected chi connectivity index (χ2v) is 8.04. The number of nitrogens with one attached hydrogen (secondary N) is 1. The number of halogens is 1. The Morgan fingerprint density at radius 2 is 1.81 bits per heavy atom. The molecular formula is C25H17FN8O3. The van der Waals surface area contributed by atoms with E-state index in [1.165, 1.54) is 6.07 Å². The van der Waals surface area contributed by atoms with Crippen LogP contribution in [0, 0.1) is 5.82 Å². The summed E-state index contributed by atoms with van der Waals surface area (Å²) in [5.74, 6) is -0.0456. The van der Waals surface area contributed by atoms with Crippen molar-refractivity contribution >= 4 is 28.4 Å². The normalized spacial score (nSPS) is 11.2. The van der Waals surface area contributed by atoms with Crippen LogP contribution < -0.4 is 11.1 Å². The number of aromatic nitrogens is 6. The van der Waals surface area contributed by atoms with E-state index in [1.54, 1.807) is 47.0 Å². The molecule has 0 aliphatic carbocycles. The number of fused-ring (bicyclic) bond motifs is 1. The maximum atomic E-state index is 14.1. The van der Waals surface area contributed by atoms with Gasteiger partial charge in [-0.3, -0.25) is 4.79 Å². The van der Waals surface area contributed by atoms with E-state index in [9.17, 15) is 9.18 Å². The predicted octanol–water partition coefficient (Wildman–Crippen LogP) is 4.16. The number of hydrogen-bond donors (Lipinski definition) is 2. The minimum absolute atomic E-state index is 0.0590. The topological polar surface area (TPSA) is 151 Å². The molecule has 3 N–H and O–H groups in total. The third-order valence-electron chi connectivity index (χ3n) is 5.62. The third kappa shape index (κ3) is 4.16. The summed E-state index contributed by atoms with van der Waals surface area (Å²) in [5.41, 5.74) is 8.80. The van der Waals surface area contributed by atoms with Crippen molar-refractivity contribution in [2.75, 3.05) is 11.1 Å². The van der Waals surface area contributed by atoms with Crippen LogP contribution in [-0.4, -0.2) is 35.9 Å². The molecule has 3 aromatic carbocycles. The van der Waals surface area contributed by atoms with Crippen LogP contribution in [0.1, 0.15) is 0 Å². The van der Waals surface area contributed by atoms with Gasteiger partial charge in [0.05, 0.1) is 16.6 Å². The Labute approximate surface area is 207 Å². The fraction of sp³-hybridized carbons (Fsp3) is 0.0400. The zero-order valence-corrected chi connectivity index (χ0v) is 19.0. The lowest BCUT2D eigenvalue weighted by Gasteiger charge is -2.09. The average molecular weight is 496 g/mol. The number of para-hydroxylation sites is 2. The fourth-order valence-corrected chi connectivity index (χ4v) is 3.93. The first-order chi connectivity index (χ1) is 18.1. The Morgan fingerprint density at radius 1 is 0.973 bits per heavy atom. The highest BCUT2D eigenvalue weighted by Gasteiger charge is 2.21. The van der Waals surface area contributed by atoms with Crippen LogP contribution in [0.25, 0.3) is 45.4 Å². The van der Waals surface area contributed by atoms with Crippen LogP contribution >= 0.6 is 0 Å². The molecule has 37 heavy (non-hydrogen) atoms. The number of imidazole rings is 1. The molecule has 0 bridgehead atoms. The van der Waals surface area contributed by atoms with E-state index in [-0.39, 0.29) is 41.2 Å². The molecule has 3 heterocycles. The summed E-state index contributed by atoms with van der Waals surface area (Å²) in [5, 5.41) is 14.3. The fourth-order valence-electron chi connectivity index (χ4n) is 3.93. The van der Waals surface area contributed by atoms with E-state index in [0.29, 0.717) is 22.6 Å². The zero-order chi connectivity index (χ0) is 25.4. The van der Waals surface area contributed by atoms with Gasteiger partial charge < -0.3 is 20.1 Å². The SMILES string of the molecule is Nc1nonc1-c1nc2ccccc2n1CC(=O)Nc1cccc(-c2noc(-c3ccccc3F)n2)c1. The van der Waals surface area contributed by atoms with E-state index in [0.717, 1.165) is 5.52 Å². The number of carbonyl (C=O) groups is 1. The number of rotatable bonds is 6. The molecule has 11 nitrogen and oxygen atoms in total.